The average Bonchev–Trinajstić information content (AvgIpc) is 2.63. The molecule has 1 N–H and O–H groups in total. The highest BCUT2D eigenvalue weighted by Crippen LogP contribution is 2.37. The van der Waals surface area contributed by atoms with E-state index in [1.807, 2.05) is 11.6 Å². The lowest BCUT2D eigenvalue weighted by molar-refractivity contribution is 0.0641. The molecule has 1 aliphatic carbocycles. The van der Waals surface area contributed by atoms with E-state index in [2.05, 4.69) is 12.0 Å². The standard InChI is InChI=1S/C13H21ClN2O/c1-3-4-10-5-6-11(17)7-13(10)16-9(2)12(14)8-15-16/h8,10-11,13,17H,3-7H2,1-2H3. The van der Waals surface area contributed by atoms with E-state index in [0.717, 1.165) is 30.0 Å². The number of aromatic nitrogens is 2. The predicted molar refractivity (Wildman–Crippen MR) is 69.3 cm³/mol. The Balaban J connectivity index is 2.22. The summed E-state index contributed by atoms with van der Waals surface area (Å²) in [6.07, 6.45) is 6.74. The molecule has 0 bridgehead atoms. The summed E-state index contributed by atoms with van der Waals surface area (Å²) >= 11 is 6.06. The first kappa shape index (κ1) is 12.9. The van der Waals surface area contributed by atoms with Crippen LogP contribution in [0.5, 0.6) is 0 Å². The van der Waals surface area contributed by atoms with Crippen molar-refractivity contribution in [3.8, 4) is 0 Å². The van der Waals surface area contributed by atoms with E-state index in [1.54, 1.807) is 6.20 Å². The third kappa shape index (κ3) is 2.66. The van der Waals surface area contributed by atoms with Crippen molar-refractivity contribution in [1.82, 2.24) is 9.78 Å². The highest BCUT2D eigenvalue weighted by Gasteiger charge is 2.31. The van der Waals surface area contributed by atoms with Crippen molar-refractivity contribution in [3.63, 3.8) is 0 Å². The molecule has 1 fully saturated rings. The van der Waals surface area contributed by atoms with Crippen LogP contribution in [0.2, 0.25) is 5.02 Å². The Morgan fingerprint density at radius 1 is 1.53 bits per heavy atom. The second-order valence-electron chi connectivity index (χ2n) is 5.11. The van der Waals surface area contributed by atoms with Crippen molar-refractivity contribution >= 4 is 11.6 Å². The second-order valence-corrected chi connectivity index (χ2v) is 5.51. The summed E-state index contributed by atoms with van der Waals surface area (Å²) in [5, 5.41) is 15.0. The van der Waals surface area contributed by atoms with Crippen molar-refractivity contribution in [1.29, 1.82) is 0 Å². The van der Waals surface area contributed by atoms with Crippen molar-refractivity contribution in [2.75, 3.05) is 0 Å². The van der Waals surface area contributed by atoms with Crippen LogP contribution in [0.4, 0.5) is 0 Å². The molecule has 3 atom stereocenters. The summed E-state index contributed by atoms with van der Waals surface area (Å²) < 4.78 is 2.02. The average molecular weight is 257 g/mol. The second kappa shape index (κ2) is 5.40. The number of nitrogens with zero attached hydrogens (tertiary/aromatic N) is 2. The van der Waals surface area contributed by atoms with E-state index in [4.69, 9.17) is 11.6 Å². The molecular weight excluding hydrogens is 236 g/mol. The van der Waals surface area contributed by atoms with Crippen LogP contribution in [0.25, 0.3) is 0 Å². The molecule has 2 rings (SSSR count). The molecular formula is C13H21ClN2O. The minimum absolute atomic E-state index is 0.185. The van der Waals surface area contributed by atoms with Crippen LogP contribution in [-0.2, 0) is 0 Å². The zero-order valence-corrected chi connectivity index (χ0v) is 11.3. The largest absolute Gasteiger partial charge is 0.393 e. The highest BCUT2D eigenvalue weighted by atomic mass is 35.5. The minimum atomic E-state index is -0.185. The number of aliphatic hydroxyl groups is 1. The van der Waals surface area contributed by atoms with Gasteiger partial charge in [0.2, 0.25) is 0 Å². The Hall–Kier alpha value is -0.540. The van der Waals surface area contributed by atoms with Gasteiger partial charge < -0.3 is 5.11 Å². The fourth-order valence-corrected chi connectivity index (χ4v) is 3.06. The van der Waals surface area contributed by atoms with Crippen molar-refractivity contribution < 1.29 is 5.11 Å². The highest BCUT2D eigenvalue weighted by molar-refractivity contribution is 6.31. The van der Waals surface area contributed by atoms with Crippen LogP contribution < -0.4 is 0 Å². The van der Waals surface area contributed by atoms with Gasteiger partial charge in [0.15, 0.2) is 0 Å². The normalized spacial score (nSPS) is 29.5. The van der Waals surface area contributed by atoms with Crippen LogP contribution >= 0.6 is 11.6 Å². The third-order valence-electron chi connectivity index (χ3n) is 3.89. The number of halogens is 1. The summed E-state index contributed by atoms with van der Waals surface area (Å²) in [7, 11) is 0. The number of rotatable bonds is 3. The molecule has 1 aromatic heterocycles. The molecule has 1 aliphatic rings. The minimum Gasteiger partial charge on any atom is -0.393 e. The first-order chi connectivity index (χ1) is 8.13. The molecule has 4 heteroatoms. The van der Waals surface area contributed by atoms with Crippen molar-refractivity contribution in [3.05, 3.63) is 16.9 Å². The van der Waals surface area contributed by atoms with E-state index in [9.17, 15) is 5.11 Å². The smallest absolute Gasteiger partial charge is 0.0815 e. The Kier molecular flexibility index (Phi) is 4.10. The van der Waals surface area contributed by atoms with E-state index < -0.39 is 0 Å². The molecule has 1 saturated carbocycles. The Bertz CT molecular complexity index is 377. The first-order valence-corrected chi connectivity index (χ1v) is 6.89. The Labute approximate surface area is 108 Å². The van der Waals surface area contributed by atoms with Gasteiger partial charge in [-0.15, -0.1) is 0 Å². The van der Waals surface area contributed by atoms with E-state index in [1.165, 1.54) is 12.8 Å². The summed E-state index contributed by atoms with van der Waals surface area (Å²) in [5.41, 5.74) is 1.02. The lowest BCUT2D eigenvalue weighted by atomic mass is 9.80. The summed E-state index contributed by atoms with van der Waals surface area (Å²) in [6.45, 7) is 4.21. The molecule has 0 radical (unpaired) electrons. The third-order valence-corrected chi connectivity index (χ3v) is 4.26. The molecule has 1 aromatic rings. The lowest BCUT2D eigenvalue weighted by Crippen LogP contribution is -2.31. The zero-order valence-electron chi connectivity index (χ0n) is 10.6. The van der Waals surface area contributed by atoms with Gasteiger partial charge in [0.1, 0.15) is 0 Å². The quantitative estimate of drug-likeness (QED) is 0.901. The predicted octanol–water partition coefficient (Wildman–Crippen LogP) is 3.35. The van der Waals surface area contributed by atoms with Gasteiger partial charge in [0.25, 0.3) is 0 Å². The Morgan fingerprint density at radius 3 is 2.88 bits per heavy atom. The van der Waals surface area contributed by atoms with Gasteiger partial charge >= 0.3 is 0 Å². The lowest BCUT2D eigenvalue weighted by Gasteiger charge is -2.35. The molecule has 0 amide bonds. The number of aliphatic hydroxyl groups excluding tert-OH is 1. The molecule has 3 unspecified atom stereocenters. The topological polar surface area (TPSA) is 38.0 Å². The fraction of sp³-hybridized carbons (Fsp3) is 0.769. The number of hydrogen-bond acceptors (Lipinski definition) is 2. The maximum absolute atomic E-state index is 9.85. The van der Waals surface area contributed by atoms with Crippen LogP contribution in [0, 0.1) is 12.8 Å². The van der Waals surface area contributed by atoms with Gasteiger partial charge in [-0.25, -0.2) is 0 Å². The summed E-state index contributed by atoms with van der Waals surface area (Å²) in [6, 6.07) is 0.311. The molecule has 0 aliphatic heterocycles. The molecule has 0 aromatic carbocycles. The fourth-order valence-electron chi connectivity index (χ4n) is 2.93. The van der Waals surface area contributed by atoms with Crippen LogP contribution in [0.3, 0.4) is 0 Å². The monoisotopic (exact) mass is 256 g/mol. The van der Waals surface area contributed by atoms with Gasteiger partial charge in [-0.1, -0.05) is 24.9 Å². The molecule has 1 heterocycles. The van der Waals surface area contributed by atoms with E-state index in [-0.39, 0.29) is 6.10 Å². The number of hydrogen-bond donors (Lipinski definition) is 1. The van der Waals surface area contributed by atoms with Crippen LogP contribution in [-0.4, -0.2) is 21.0 Å². The van der Waals surface area contributed by atoms with Crippen LogP contribution in [0.1, 0.15) is 50.8 Å². The summed E-state index contributed by atoms with van der Waals surface area (Å²) in [4.78, 5) is 0. The molecule has 3 nitrogen and oxygen atoms in total. The van der Waals surface area contributed by atoms with Gasteiger partial charge in [-0.3, -0.25) is 4.68 Å². The van der Waals surface area contributed by atoms with Gasteiger partial charge in [-0.2, -0.15) is 5.10 Å². The first-order valence-electron chi connectivity index (χ1n) is 6.51. The maximum atomic E-state index is 9.85. The SMILES string of the molecule is CCCC1CCC(O)CC1n1ncc(Cl)c1C. The molecule has 17 heavy (non-hydrogen) atoms. The van der Waals surface area contributed by atoms with E-state index >= 15 is 0 Å². The molecule has 96 valence electrons. The van der Waals surface area contributed by atoms with Gasteiger partial charge in [0.05, 0.1) is 29.1 Å². The maximum Gasteiger partial charge on any atom is 0.0815 e. The zero-order chi connectivity index (χ0) is 12.4. The molecule has 0 spiro atoms. The molecule has 0 saturated heterocycles. The van der Waals surface area contributed by atoms with E-state index in [0.29, 0.717) is 12.0 Å². The van der Waals surface area contributed by atoms with Crippen LogP contribution in [0.15, 0.2) is 6.20 Å². The summed E-state index contributed by atoms with van der Waals surface area (Å²) in [5.74, 6) is 0.623. The van der Waals surface area contributed by atoms with Gasteiger partial charge in [0, 0.05) is 0 Å². The Morgan fingerprint density at radius 2 is 2.29 bits per heavy atom. The van der Waals surface area contributed by atoms with Crippen molar-refractivity contribution in [2.24, 2.45) is 5.92 Å². The van der Waals surface area contributed by atoms with Crippen molar-refractivity contribution in [2.45, 2.75) is 58.1 Å². The van der Waals surface area contributed by atoms with Gasteiger partial charge in [-0.05, 0) is 38.5 Å².